The van der Waals surface area contributed by atoms with Crippen molar-refractivity contribution in [3.8, 4) is 0 Å². The third-order valence-electron chi connectivity index (χ3n) is 4.85. The first-order valence-electron chi connectivity index (χ1n) is 8.03. The summed E-state index contributed by atoms with van der Waals surface area (Å²) in [4.78, 5) is 12.7. The first-order chi connectivity index (χ1) is 11.1. The van der Waals surface area contributed by atoms with Gasteiger partial charge in [-0.1, -0.05) is 26.0 Å². The molecule has 2 N–H and O–H groups in total. The number of benzene rings is 1. The molecule has 1 fully saturated rings. The van der Waals surface area contributed by atoms with Crippen molar-refractivity contribution in [3.05, 3.63) is 35.6 Å². The van der Waals surface area contributed by atoms with Gasteiger partial charge in [0.05, 0.1) is 0 Å². The van der Waals surface area contributed by atoms with E-state index in [-0.39, 0.29) is 37.6 Å². The highest BCUT2D eigenvalue weighted by Gasteiger charge is 2.48. The fourth-order valence-corrected chi connectivity index (χ4v) is 4.42. The molecule has 0 radical (unpaired) electrons. The van der Waals surface area contributed by atoms with Gasteiger partial charge in [0.1, 0.15) is 5.82 Å². The van der Waals surface area contributed by atoms with E-state index in [0.717, 1.165) is 11.8 Å². The van der Waals surface area contributed by atoms with Gasteiger partial charge in [0.15, 0.2) is 14.6 Å². The highest BCUT2D eigenvalue weighted by Crippen LogP contribution is 2.29. The number of hydrogen-bond acceptors (Lipinski definition) is 4. The maximum atomic E-state index is 13.1. The van der Waals surface area contributed by atoms with E-state index in [0.29, 0.717) is 13.1 Å². The molecule has 1 aromatic rings. The fraction of sp³-hybridized carbons (Fsp3) is 0.588. The summed E-state index contributed by atoms with van der Waals surface area (Å²) in [6.07, 6.45) is 1.67. The van der Waals surface area contributed by atoms with Gasteiger partial charge in [-0.2, -0.15) is 0 Å². The standard InChI is InChI=1S/C17H25FN2O3S.ClH/c1-16(2,13-4-6-14(18)7-5-13)12-20-15(21)17(24(3,22)23)8-10-19-11-9-17;/h4-7,19H,8-12H2,1-3H3,(H,20,21);1H. The molecule has 5 nitrogen and oxygen atoms in total. The van der Waals surface area contributed by atoms with E-state index in [1.54, 1.807) is 12.1 Å². The summed E-state index contributed by atoms with van der Waals surface area (Å²) in [7, 11) is -3.53. The van der Waals surface area contributed by atoms with Gasteiger partial charge < -0.3 is 10.6 Å². The first kappa shape index (κ1) is 21.9. The SMILES string of the molecule is CC(C)(CNC(=O)C1(S(C)(=O)=O)CCNCC1)c1ccc(F)cc1.Cl. The average Bonchev–Trinajstić information content (AvgIpc) is 2.52. The molecule has 0 spiro atoms. The highest BCUT2D eigenvalue weighted by atomic mass is 35.5. The molecule has 0 aromatic heterocycles. The molecular formula is C17H26ClFN2O3S. The molecule has 1 saturated heterocycles. The van der Waals surface area contributed by atoms with Crippen LogP contribution in [0.15, 0.2) is 24.3 Å². The van der Waals surface area contributed by atoms with Crippen molar-refractivity contribution in [3.63, 3.8) is 0 Å². The van der Waals surface area contributed by atoms with E-state index in [2.05, 4.69) is 10.6 Å². The monoisotopic (exact) mass is 392 g/mol. The van der Waals surface area contributed by atoms with Crippen LogP contribution in [0.5, 0.6) is 0 Å². The lowest BCUT2D eigenvalue weighted by Crippen LogP contribution is -2.58. The molecule has 1 aliphatic rings. The maximum absolute atomic E-state index is 13.1. The average molecular weight is 393 g/mol. The Morgan fingerprint density at radius 1 is 1.24 bits per heavy atom. The minimum absolute atomic E-state index is 0. The Kier molecular flexibility index (Phi) is 7.01. The summed E-state index contributed by atoms with van der Waals surface area (Å²) in [6, 6.07) is 6.12. The molecule has 1 aliphatic heterocycles. The van der Waals surface area contributed by atoms with Gasteiger partial charge in [0, 0.05) is 18.2 Å². The number of nitrogens with one attached hydrogen (secondary N) is 2. The lowest BCUT2D eigenvalue weighted by Gasteiger charge is -2.35. The van der Waals surface area contributed by atoms with Crippen molar-refractivity contribution in [2.45, 2.75) is 36.9 Å². The van der Waals surface area contributed by atoms with Gasteiger partial charge in [0.2, 0.25) is 5.91 Å². The van der Waals surface area contributed by atoms with Crippen LogP contribution in [0.1, 0.15) is 32.3 Å². The molecule has 25 heavy (non-hydrogen) atoms. The van der Waals surface area contributed by atoms with Gasteiger partial charge in [-0.05, 0) is 43.6 Å². The Morgan fingerprint density at radius 3 is 2.24 bits per heavy atom. The molecule has 142 valence electrons. The van der Waals surface area contributed by atoms with Crippen molar-refractivity contribution in [2.24, 2.45) is 0 Å². The minimum Gasteiger partial charge on any atom is -0.354 e. The summed E-state index contributed by atoms with van der Waals surface area (Å²) in [5.41, 5.74) is 0.442. The summed E-state index contributed by atoms with van der Waals surface area (Å²) in [5.74, 6) is -0.758. The molecule has 0 atom stereocenters. The predicted octanol–water partition coefficient (Wildman–Crippen LogP) is 1.81. The molecule has 0 aliphatic carbocycles. The minimum atomic E-state index is -3.53. The Labute approximate surface area is 155 Å². The second kappa shape index (κ2) is 8.01. The quantitative estimate of drug-likeness (QED) is 0.801. The zero-order valence-corrected chi connectivity index (χ0v) is 16.4. The molecule has 0 bridgehead atoms. The lowest BCUT2D eigenvalue weighted by atomic mass is 9.84. The van der Waals surface area contributed by atoms with Crippen LogP contribution in [-0.4, -0.2) is 45.0 Å². The molecule has 1 amide bonds. The number of carbonyl (C=O) groups excluding carboxylic acids is 1. The third kappa shape index (κ3) is 4.71. The number of piperidine rings is 1. The van der Waals surface area contributed by atoms with Gasteiger partial charge in [-0.3, -0.25) is 4.79 Å². The maximum Gasteiger partial charge on any atom is 0.241 e. The Morgan fingerprint density at radius 2 is 1.76 bits per heavy atom. The molecule has 1 aromatic carbocycles. The van der Waals surface area contributed by atoms with Crippen molar-refractivity contribution in [2.75, 3.05) is 25.9 Å². The number of hydrogen-bond donors (Lipinski definition) is 2. The van der Waals surface area contributed by atoms with Crippen molar-refractivity contribution in [1.29, 1.82) is 0 Å². The molecule has 0 unspecified atom stereocenters. The van der Waals surface area contributed by atoms with Crippen LogP contribution < -0.4 is 10.6 Å². The zero-order chi connectivity index (χ0) is 18.0. The summed E-state index contributed by atoms with van der Waals surface area (Å²) >= 11 is 0. The van der Waals surface area contributed by atoms with E-state index in [1.165, 1.54) is 12.1 Å². The van der Waals surface area contributed by atoms with E-state index in [9.17, 15) is 17.6 Å². The summed E-state index contributed by atoms with van der Waals surface area (Å²) in [5, 5.41) is 5.90. The zero-order valence-electron chi connectivity index (χ0n) is 14.8. The van der Waals surface area contributed by atoms with Crippen LogP contribution in [0, 0.1) is 5.82 Å². The topological polar surface area (TPSA) is 75.3 Å². The summed E-state index contributed by atoms with van der Waals surface area (Å²) in [6.45, 7) is 5.14. The van der Waals surface area contributed by atoms with Crippen LogP contribution in [0.3, 0.4) is 0 Å². The number of carbonyl (C=O) groups is 1. The molecule has 0 saturated carbocycles. The number of halogens is 2. The largest absolute Gasteiger partial charge is 0.354 e. The van der Waals surface area contributed by atoms with Crippen LogP contribution >= 0.6 is 12.4 Å². The van der Waals surface area contributed by atoms with Crippen LogP contribution in [0.4, 0.5) is 4.39 Å². The Hall–Kier alpha value is -1.18. The third-order valence-corrected chi connectivity index (χ3v) is 6.86. The van der Waals surface area contributed by atoms with Crippen LogP contribution in [-0.2, 0) is 20.0 Å². The van der Waals surface area contributed by atoms with E-state index < -0.39 is 25.9 Å². The van der Waals surface area contributed by atoms with Gasteiger partial charge >= 0.3 is 0 Å². The number of sulfone groups is 1. The van der Waals surface area contributed by atoms with Crippen LogP contribution in [0.25, 0.3) is 0 Å². The predicted molar refractivity (Wildman–Crippen MR) is 99.4 cm³/mol. The smallest absolute Gasteiger partial charge is 0.241 e. The van der Waals surface area contributed by atoms with Crippen molar-refractivity contribution >= 4 is 28.2 Å². The number of amides is 1. The molecular weight excluding hydrogens is 367 g/mol. The Balaban J connectivity index is 0.00000312. The molecule has 8 heteroatoms. The Bertz CT molecular complexity index is 699. The van der Waals surface area contributed by atoms with E-state index >= 15 is 0 Å². The van der Waals surface area contributed by atoms with Gasteiger partial charge in [0.25, 0.3) is 0 Å². The summed E-state index contributed by atoms with van der Waals surface area (Å²) < 4.78 is 36.2. The van der Waals surface area contributed by atoms with Crippen molar-refractivity contribution < 1.29 is 17.6 Å². The van der Waals surface area contributed by atoms with Gasteiger partial charge in [-0.25, -0.2) is 12.8 Å². The fourth-order valence-electron chi connectivity index (χ4n) is 3.06. The normalized spacial score (nSPS) is 17.4. The van der Waals surface area contributed by atoms with Crippen LogP contribution in [0.2, 0.25) is 0 Å². The molecule has 2 rings (SSSR count). The second-order valence-corrected chi connectivity index (χ2v) is 9.42. The first-order valence-corrected chi connectivity index (χ1v) is 9.92. The van der Waals surface area contributed by atoms with E-state index in [1.807, 2.05) is 13.8 Å². The van der Waals surface area contributed by atoms with Crippen molar-refractivity contribution in [1.82, 2.24) is 10.6 Å². The lowest BCUT2D eigenvalue weighted by molar-refractivity contribution is -0.124. The highest BCUT2D eigenvalue weighted by molar-refractivity contribution is 7.92. The molecule has 1 heterocycles. The van der Waals surface area contributed by atoms with Gasteiger partial charge in [-0.15, -0.1) is 12.4 Å². The van der Waals surface area contributed by atoms with E-state index in [4.69, 9.17) is 0 Å². The number of rotatable bonds is 5. The second-order valence-electron chi connectivity index (χ2n) is 7.09.